The fourth-order valence-electron chi connectivity index (χ4n) is 2.11. The molecule has 0 bridgehead atoms. The number of rotatable bonds is 6. The highest BCUT2D eigenvalue weighted by Gasteiger charge is 2.29. The van der Waals surface area contributed by atoms with Gasteiger partial charge in [-0.05, 0) is 30.9 Å². The van der Waals surface area contributed by atoms with E-state index in [1.165, 1.54) is 18.2 Å². The molecule has 2 amide bonds. The molecule has 124 valence electrons. The first-order valence-corrected chi connectivity index (χ1v) is 7.05. The van der Waals surface area contributed by atoms with Gasteiger partial charge >= 0.3 is 12.2 Å². The van der Waals surface area contributed by atoms with Crippen LogP contribution in [-0.4, -0.2) is 30.0 Å². The van der Waals surface area contributed by atoms with Gasteiger partial charge in [0.25, 0.3) is 0 Å². The first-order chi connectivity index (χ1) is 10.2. The Morgan fingerprint density at radius 2 is 1.91 bits per heavy atom. The second-order valence-corrected chi connectivity index (χ2v) is 5.47. The minimum atomic E-state index is -4.33. The van der Waals surface area contributed by atoms with Crippen molar-refractivity contribution in [2.24, 2.45) is 5.92 Å². The fourth-order valence-corrected chi connectivity index (χ4v) is 2.11. The Hall–Kier alpha value is -1.76. The molecular formula is C15H21F3N2O2. The van der Waals surface area contributed by atoms with Crippen molar-refractivity contribution in [3.05, 3.63) is 29.8 Å². The maximum absolute atomic E-state index is 12.5. The number of amides is 2. The summed E-state index contributed by atoms with van der Waals surface area (Å²) in [6.07, 6.45) is -5.36. The number of para-hydroxylation sites is 1. The molecule has 0 fully saturated rings. The molecule has 2 atom stereocenters. The lowest BCUT2D eigenvalue weighted by atomic mass is 10.1. The molecule has 0 heterocycles. The molecule has 0 aromatic heterocycles. The minimum Gasteiger partial charge on any atom is -0.393 e. The van der Waals surface area contributed by atoms with Crippen LogP contribution in [0.15, 0.2) is 24.3 Å². The first kappa shape index (κ1) is 18.3. The minimum absolute atomic E-state index is 0.0159. The molecule has 0 saturated carbocycles. The lowest BCUT2D eigenvalue weighted by molar-refractivity contribution is -0.127. The van der Waals surface area contributed by atoms with Crippen LogP contribution in [0, 0.1) is 5.92 Å². The van der Waals surface area contributed by atoms with Crippen LogP contribution in [0.3, 0.4) is 0 Å². The van der Waals surface area contributed by atoms with E-state index < -0.39 is 24.7 Å². The maximum Gasteiger partial charge on any atom is 0.393 e. The standard InChI is InChI=1S/C15H21F3N2O2/c1-10(7-11(2)21)9-19-14(22)20-13-6-4-3-5-12(13)8-15(16,17)18/h3-6,10-11,21H,7-9H2,1-2H3,(H2,19,20,22). The number of benzene rings is 1. The molecule has 1 rings (SSSR count). The lowest BCUT2D eigenvalue weighted by Gasteiger charge is -2.16. The van der Waals surface area contributed by atoms with Gasteiger partial charge in [-0.15, -0.1) is 0 Å². The number of carbonyl (C=O) groups is 1. The number of hydrogen-bond acceptors (Lipinski definition) is 2. The van der Waals surface area contributed by atoms with Crippen LogP contribution in [0.1, 0.15) is 25.8 Å². The zero-order chi connectivity index (χ0) is 16.8. The topological polar surface area (TPSA) is 61.4 Å². The summed E-state index contributed by atoms with van der Waals surface area (Å²) < 4.78 is 37.4. The monoisotopic (exact) mass is 318 g/mol. The number of urea groups is 1. The Morgan fingerprint density at radius 3 is 2.50 bits per heavy atom. The van der Waals surface area contributed by atoms with E-state index in [0.717, 1.165) is 0 Å². The van der Waals surface area contributed by atoms with E-state index in [2.05, 4.69) is 10.6 Å². The molecule has 0 aliphatic rings. The van der Waals surface area contributed by atoms with Crippen molar-refractivity contribution in [1.29, 1.82) is 0 Å². The van der Waals surface area contributed by atoms with Gasteiger partial charge in [0, 0.05) is 12.2 Å². The Morgan fingerprint density at radius 1 is 1.27 bits per heavy atom. The van der Waals surface area contributed by atoms with Crippen molar-refractivity contribution >= 4 is 11.7 Å². The van der Waals surface area contributed by atoms with Crippen molar-refractivity contribution in [2.75, 3.05) is 11.9 Å². The zero-order valence-electron chi connectivity index (χ0n) is 12.6. The maximum atomic E-state index is 12.5. The predicted molar refractivity (Wildman–Crippen MR) is 78.7 cm³/mol. The van der Waals surface area contributed by atoms with E-state index in [-0.39, 0.29) is 17.2 Å². The highest BCUT2D eigenvalue weighted by Crippen LogP contribution is 2.25. The first-order valence-electron chi connectivity index (χ1n) is 7.05. The molecule has 2 unspecified atom stereocenters. The molecule has 0 radical (unpaired) electrons. The van der Waals surface area contributed by atoms with Crippen LogP contribution in [0.25, 0.3) is 0 Å². The third kappa shape index (κ3) is 7.31. The van der Waals surface area contributed by atoms with E-state index in [4.69, 9.17) is 0 Å². The molecular weight excluding hydrogens is 297 g/mol. The van der Waals surface area contributed by atoms with Gasteiger partial charge in [0.05, 0.1) is 12.5 Å². The van der Waals surface area contributed by atoms with Gasteiger partial charge in [-0.2, -0.15) is 13.2 Å². The number of aliphatic hydroxyl groups excluding tert-OH is 1. The number of aliphatic hydroxyl groups is 1. The quantitative estimate of drug-likeness (QED) is 0.753. The summed E-state index contributed by atoms with van der Waals surface area (Å²) in [7, 11) is 0. The summed E-state index contributed by atoms with van der Waals surface area (Å²) in [5.74, 6) is 0.0659. The number of anilines is 1. The highest BCUT2D eigenvalue weighted by atomic mass is 19.4. The van der Waals surface area contributed by atoms with Crippen molar-refractivity contribution in [2.45, 2.75) is 39.0 Å². The number of halogens is 3. The van der Waals surface area contributed by atoms with E-state index in [1.54, 1.807) is 13.0 Å². The summed E-state index contributed by atoms with van der Waals surface area (Å²) in [5.41, 5.74) is 0.155. The average molecular weight is 318 g/mol. The number of hydrogen-bond donors (Lipinski definition) is 3. The van der Waals surface area contributed by atoms with Gasteiger partial charge < -0.3 is 15.7 Å². The fraction of sp³-hybridized carbons (Fsp3) is 0.533. The van der Waals surface area contributed by atoms with Crippen LogP contribution in [0.2, 0.25) is 0 Å². The van der Waals surface area contributed by atoms with Crippen LogP contribution in [0.5, 0.6) is 0 Å². The van der Waals surface area contributed by atoms with Crippen molar-refractivity contribution in [1.82, 2.24) is 5.32 Å². The summed E-state index contributed by atoms with van der Waals surface area (Å²) in [5, 5.41) is 14.2. The highest BCUT2D eigenvalue weighted by molar-refractivity contribution is 5.90. The molecule has 7 heteroatoms. The number of carbonyl (C=O) groups excluding carboxylic acids is 1. The second-order valence-electron chi connectivity index (χ2n) is 5.47. The van der Waals surface area contributed by atoms with Gasteiger partial charge in [-0.3, -0.25) is 0 Å². The van der Waals surface area contributed by atoms with Crippen LogP contribution >= 0.6 is 0 Å². The summed E-state index contributed by atoms with van der Waals surface area (Å²) in [4.78, 5) is 11.8. The number of nitrogens with one attached hydrogen (secondary N) is 2. The normalized spacial score (nSPS) is 14.3. The van der Waals surface area contributed by atoms with Crippen LogP contribution in [-0.2, 0) is 6.42 Å². The summed E-state index contributed by atoms with van der Waals surface area (Å²) in [6, 6.07) is 5.26. The van der Waals surface area contributed by atoms with Crippen molar-refractivity contribution < 1.29 is 23.1 Å². The smallest absolute Gasteiger partial charge is 0.393 e. The van der Waals surface area contributed by atoms with E-state index in [1.807, 2.05) is 6.92 Å². The van der Waals surface area contributed by atoms with Crippen LogP contribution in [0.4, 0.5) is 23.7 Å². The molecule has 0 saturated heterocycles. The van der Waals surface area contributed by atoms with Gasteiger partial charge in [0.15, 0.2) is 0 Å². The summed E-state index contributed by atoms with van der Waals surface area (Å²) >= 11 is 0. The van der Waals surface area contributed by atoms with Crippen LogP contribution < -0.4 is 10.6 Å². The zero-order valence-corrected chi connectivity index (χ0v) is 12.6. The van der Waals surface area contributed by atoms with E-state index >= 15 is 0 Å². The molecule has 1 aromatic carbocycles. The van der Waals surface area contributed by atoms with Gasteiger partial charge in [0.2, 0.25) is 0 Å². The van der Waals surface area contributed by atoms with E-state index in [9.17, 15) is 23.1 Å². The molecule has 22 heavy (non-hydrogen) atoms. The third-order valence-corrected chi connectivity index (χ3v) is 3.01. The SMILES string of the molecule is CC(O)CC(C)CNC(=O)Nc1ccccc1CC(F)(F)F. The van der Waals surface area contributed by atoms with Gasteiger partial charge in [-0.25, -0.2) is 4.79 Å². The Balaban J connectivity index is 2.58. The average Bonchev–Trinajstić information content (AvgIpc) is 2.36. The molecule has 0 spiro atoms. The largest absolute Gasteiger partial charge is 0.393 e. The van der Waals surface area contributed by atoms with Gasteiger partial charge in [-0.1, -0.05) is 25.1 Å². The molecule has 1 aromatic rings. The Labute approximate surface area is 127 Å². The molecule has 4 nitrogen and oxygen atoms in total. The van der Waals surface area contributed by atoms with Crippen molar-refractivity contribution in [3.63, 3.8) is 0 Å². The Bertz CT molecular complexity index is 490. The molecule has 3 N–H and O–H groups in total. The molecule has 0 aliphatic heterocycles. The van der Waals surface area contributed by atoms with E-state index in [0.29, 0.717) is 13.0 Å². The third-order valence-electron chi connectivity index (χ3n) is 3.01. The summed E-state index contributed by atoms with van der Waals surface area (Å²) in [6.45, 7) is 3.85. The predicted octanol–water partition coefficient (Wildman–Crippen LogP) is 3.32. The van der Waals surface area contributed by atoms with Crippen molar-refractivity contribution in [3.8, 4) is 0 Å². The number of alkyl halides is 3. The molecule has 0 aliphatic carbocycles. The second kappa shape index (κ2) is 8.03. The lowest BCUT2D eigenvalue weighted by Crippen LogP contribution is -2.33. The van der Waals surface area contributed by atoms with Gasteiger partial charge in [0.1, 0.15) is 0 Å². The Kier molecular flexibility index (Phi) is 6.67.